The molecule has 164 valence electrons. The minimum absolute atomic E-state index is 0.597. The van der Waals surface area contributed by atoms with Gasteiger partial charge in [-0.2, -0.15) is 0 Å². The van der Waals surface area contributed by atoms with Gasteiger partial charge < -0.3 is 9.47 Å². The van der Waals surface area contributed by atoms with E-state index in [1.54, 1.807) is 17.8 Å². The third-order valence-electron chi connectivity index (χ3n) is 3.93. The zero-order valence-corrected chi connectivity index (χ0v) is 20.3. The van der Waals surface area contributed by atoms with Crippen molar-refractivity contribution < 1.29 is 17.9 Å². The Kier molecular flexibility index (Phi) is 11.4. The van der Waals surface area contributed by atoms with E-state index in [0.717, 1.165) is 29.2 Å². The Labute approximate surface area is 185 Å². The van der Waals surface area contributed by atoms with Crippen LogP contribution in [0.1, 0.15) is 36.1 Å². The van der Waals surface area contributed by atoms with Crippen molar-refractivity contribution in [2.75, 3.05) is 25.7 Å². The molecule has 0 fully saturated rings. The van der Waals surface area contributed by atoms with E-state index in [1.165, 1.54) is 22.8 Å². The van der Waals surface area contributed by atoms with Gasteiger partial charge in [0.1, 0.15) is 11.5 Å². The largest absolute Gasteiger partial charge is 0.494 e. The maximum absolute atomic E-state index is 11.0. The summed E-state index contributed by atoms with van der Waals surface area (Å²) in [7, 11) is -3.08. The molecule has 0 radical (unpaired) electrons. The number of rotatable bonds is 8. The highest BCUT2D eigenvalue weighted by atomic mass is 32.2. The fourth-order valence-corrected chi connectivity index (χ4v) is 3.11. The van der Waals surface area contributed by atoms with Gasteiger partial charge in [0, 0.05) is 11.7 Å². The molecule has 2 aromatic rings. The van der Waals surface area contributed by atoms with Crippen molar-refractivity contribution in [2.24, 2.45) is 0 Å². The van der Waals surface area contributed by atoms with Crippen LogP contribution in [0.2, 0.25) is 0 Å². The van der Waals surface area contributed by atoms with E-state index in [2.05, 4.69) is 36.6 Å². The summed E-state index contributed by atoms with van der Waals surface area (Å²) < 4.78 is 32.9. The number of aryl methyl sites for hydroxylation is 2. The SMILES string of the molecule is CCOc1cc(/C=C/S(C)(=O)=O)ccc1C.CCOc1cc(/C=C/SC)ccc1C. The fourth-order valence-electron chi connectivity index (χ4n) is 2.41. The number of thioether (sulfide) groups is 1. The summed E-state index contributed by atoms with van der Waals surface area (Å²) in [4.78, 5) is 0. The Morgan fingerprint density at radius 2 is 1.33 bits per heavy atom. The Morgan fingerprint density at radius 3 is 1.73 bits per heavy atom. The molecule has 0 amide bonds. The average Bonchev–Trinajstić information content (AvgIpc) is 2.69. The van der Waals surface area contributed by atoms with E-state index in [-0.39, 0.29) is 0 Å². The highest BCUT2D eigenvalue weighted by Crippen LogP contribution is 2.21. The molecule has 0 unspecified atom stereocenters. The molecule has 4 nitrogen and oxygen atoms in total. The van der Waals surface area contributed by atoms with Crippen molar-refractivity contribution in [3.05, 3.63) is 69.5 Å². The van der Waals surface area contributed by atoms with Crippen LogP contribution in [-0.4, -0.2) is 34.1 Å². The first kappa shape index (κ1) is 25.9. The lowest BCUT2D eigenvalue weighted by Gasteiger charge is -2.07. The Bertz CT molecular complexity index is 961. The van der Waals surface area contributed by atoms with Crippen molar-refractivity contribution in [2.45, 2.75) is 27.7 Å². The second-order valence-electron chi connectivity index (χ2n) is 6.59. The lowest BCUT2D eigenvalue weighted by Crippen LogP contribution is -1.94. The molecule has 0 bridgehead atoms. The van der Waals surface area contributed by atoms with Crippen LogP contribution in [0.15, 0.2) is 47.2 Å². The number of benzene rings is 2. The molecule has 0 heterocycles. The summed E-state index contributed by atoms with van der Waals surface area (Å²) in [5.74, 6) is 1.77. The van der Waals surface area contributed by atoms with Crippen molar-refractivity contribution >= 4 is 33.8 Å². The van der Waals surface area contributed by atoms with Gasteiger partial charge in [0.05, 0.1) is 13.2 Å². The third-order valence-corrected chi connectivity index (χ3v) is 4.97. The van der Waals surface area contributed by atoms with Gasteiger partial charge >= 0.3 is 0 Å². The number of ether oxygens (including phenoxy) is 2. The van der Waals surface area contributed by atoms with Crippen LogP contribution in [-0.2, 0) is 9.84 Å². The smallest absolute Gasteiger partial charge is 0.168 e. The van der Waals surface area contributed by atoms with E-state index in [0.29, 0.717) is 6.61 Å². The Balaban J connectivity index is 0.000000303. The molecule has 30 heavy (non-hydrogen) atoms. The van der Waals surface area contributed by atoms with E-state index in [9.17, 15) is 8.42 Å². The quantitative estimate of drug-likeness (QED) is 0.486. The van der Waals surface area contributed by atoms with Crippen LogP contribution in [0.5, 0.6) is 11.5 Å². The normalized spacial score (nSPS) is 11.4. The van der Waals surface area contributed by atoms with Gasteiger partial charge in [-0.05, 0) is 85.9 Å². The highest BCUT2D eigenvalue weighted by molar-refractivity contribution is 8.01. The average molecular weight is 449 g/mol. The molecule has 0 atom stereocenters. The lowest BCUT2D eigenvalue weighted by molar-refractivity contribution is 0.337. The zero-order valence-electron chi connectivity index (χ0n) is 18.6. The van der Waals surface area contributed by atoms with Gasteiger partial charge in [0.2, 0.25) is 0 Å². The highest BCUT2D eigenvalue weighted by Gasteiger charge is 2.00. The first-order chi connectivity index (χ1) is 14.2. The van der Waals surface area contributed by atoms with Gasteiger partial charge in [0.25, 0.3) is 0 Å². The van der Waals surface area contributed by atoms with Crippen LogP contribution >= 0.6 is 11.8 Å². The lowest BCUT2D eigenvalue weighted by atomic mass is 10.1. The minimum Gasteiger partial charge on any atom is -0.494 e. The van der Waals surface area contributed by atoms with Crippen LogP contribution in [0, 0.1) is 13.8 Å². The fraction of sp³-hybridized carbons (Fsp3) is 0.333. The van der Waals surface area contributed by atoms with Gasteiger partial charge in [0.15, 0.2) is 9.84 Å². The molecule has 6 heteroatoms. The maximum atomic E-state index is 11.0. The third kappa shape index (κ3) is 10.0. The molecule has 0 aromatic heterocycles. The molecule has 2 aromatic carbocycles. The molecular weight excluding hydrogens is 416 g/mol. The Morgan fingerprint density at radius 1 is 0.867 bits per heavy atom. The van der Waals surface area contributed by atoms with Crippen molar-refractivity contribution in [3.63, 3.8) is 0 Å². The van der Waals surface area contributed by atoms with Gasteiger partial charge in [-0.25, -0.2) is 8.42 Å². The molecule has 0 aliphatic rings. The maximum Gasteiger partial charge on any atom is 0.168 e. The summed E-state index contributed by atoms with van der Waals surface area (Å²) in [6.45, 7) is 9.25. The molecule has 2 rings (SSSR count). The second-order valence-corrected chi connectivity index (χ2v) is 9.26. The van der Waals surface area contributed by atoms with Gasteiger partial charge in [-0.3, -0.25) is 0 Å². The standard InChI is InChI=1S/C12H16O3S.C12H16OS/c1-4-15-12-9-11(6-5-10(12)2)7-8-16(3,13)14;1-4-13-12-9-11(7-8-14-3)6-5-10(12)2/h5-9H,4H2,1-3H3;5-9H,4H2,1-3H3/b2*8-7+. The molecule has 0 aliphatic heterocycles. The summed E-state index contributed by atoms with van der Waals surface area (Å²) >= 11 is 1.70. The summed E-state index contributed by atoms with van der Waals surface area (Å²) in [6.07, 6.45) is 6.87. The number of hydrogen-bond donors (Lipinski definition) is 0. The minimum atomic E-state index is -3.08. The number of sulfone groups is 1. The van der Waals surface area contributed by atoms with E-state index in [4.69, 9.17) is 9.47 Å². The van der Waals surface area contributed by atoms with Crippen molar-refractivity contribution in [1.82, 2.24) is 0 Å². The molecular formula is C24H32O4S2. The summed E-state index contributed by atoms with van der Waals surface area (Å²) in [6, 6.07) is 11.9. The first-order valence-electron chi connectivity index (χ1n) is 9.74. The van der Waals surface area contributed by atoms with Gasteiger partial charge in [-0.15, -0.1) is 11.8 Å². The zero-order chi connectivity index (χ0) is 22.6. The summed E-state index contributed by atoms with van der Waals surface area (Å²) in [5, 5.41) is 3.26. The predicted molar refractivity (Wildman–Crippen MR) is 131 cm³/mol. The second kappa shape index (κ2) is 13.2. The monoisotopic (exact) mass is 448 g/mol. The van der Waals surface area contributed by atoms with Gasteiger partial charge in [-0.1, -0.05) is 24.3 Å². The van der Waals surface area contributed by atoms with Crippen LogP contribution < -0.4 is 9.47 Å². The molecule has 0 spiro atoms. The van der Waals surface area contributed by atoms with E-state index < -0.39 is 9.84 Å². The van der Waals surface area contributed by atoms with E-state index >= 15 is 0 Å². The summed E-state index contributed by atoms with van der Waals surface area (Å²) in [5.41, 5.74) is 4.24. The van der Waals surface area contributed by atoms with Crippen molar-refractivity contribution in [3.8, 4) is 11.5 Å². The number of hydrogen-bond acceptors (Lipinski definition) is 5. The van der Waals surface area contributed by atoms with Crippen molar-refractivity contribution in [1.29, 1.82) is 0 Å². The molecule has 0 aliphatic carbocycles. The molecule has 0 saturated carbocycles. The molecule has 0 saturated heterocycles. The van der Waals surface area contributed by atoms with Crippen LogP contribution in [0.25, 0.3) is 12.2 Å². The molecule has 0 N–H and O–H groups in total. The first-order valence-corrected chi connectivity index (χ1v) is 13.0. The van der Waals surface area contributed by atoms with Crippen LogP contribution in [0.4, 0.5) is 0 Å². The Hall–Kier alpha value is -2.18. The van der Waals surface area contributed by atoms with E-state index in [1.807, 2.05) is 45.2 Å². The van der Waals surface area contributed by atoms with Crippen LogP contribution in [0.3, 0.4) is 0 Å². The topological polar surface area (TPSA) is 52.6 Å². The predicted octanol–water partition coefficient (Wildman–Crippen LogP) is 6.14.